The highest BCUT2D eigenvalue weighted by Crippen LogP contribution is 2.46. The van der Waals surface area contributed by atoms with Crippen LogP contribution >= 0.6 is 0 Å². The van der Waals surface area contributed by atoms with Crippen LogP contribution in [0, 0.1) is 5.82 Å². The van der Waals surface area contributed by atoms with Crippen LogP contribution < -0.4 is 11.1 Å². The summed E-state index contributed by atoms with van der Waals surface area (Å²) in [7, 11) is 0. The number of rotatable bonds is 7. The second-order valence-corrected chi connectivity index (χ2v) is 9.36. The van der Waals surface area contributed by atoms with E-state index in [2.05, 4.69) is 20.3 Å². The van der Waals surface area contributed by atoms with Gasteiger partial charge in [-0.1, -0.05) is 18.2 Å². The fourth-order valence-corrected chi connectivity index (χ4v) is 5.12. The zero-order chi connectivity index (χ0) is 23.9. The molecule has 34 heavy (non-hydrogen) atoms. The highest BCUT2D eigenvalue weighted by Gasteiger charge is 2.50. The number of halogens is 2. The third-order valence-electron chi connectivity index (χ3n) is 7.11. The van der Waals surface area contributed by atoms with Gasteiger partial charge in [-0.2, -0.15) is 0 Å². The lowest BCUT2D eigenvalue weighted by molar-refractivity contribution is -0.131. The van der Waals surface area contributed by atoms with Crippen LogP contribution in [0.3, 0.4) is 0 Å². The predicted molar refractivity (Wildman–Crippen MR) is 122 cm³/mol. The molecule has 1 aromatic carbocycles. The summed E-state index contributed by atoms with van der Waals surface area (Å²) in [4.78, 5) is 25.0. The first-order valence-electron chi connectivity index (χ1n) is 11.2. The van der Waals surface area contributed by atoms with E-state index < -0.39 is 34.8 Å². The molecule has 0 spiro atoms. The van der Waals surface area contributed by atoms with Gasteiger partial charge in [-0.25, -0.2) is 18.7 Å². The van der Waals surface area contributed by atoms with Crippen molar-refractivity contribution in [3.8, 4) is 11.1 Å². The third-order valence-corrected chi connectivity index (χ3v) is 7.11. The molecular weight excluding hydrogens is 440 g/mol. The number of aromatic nitrogens is 3. The van der Waals surface area contributed by atoms with E-state index in [4.69, 9.17) is 5.73 Å². The predicted octanol–water partition coefficient (Wildman–Crippen LogP) is 3.04. The van der Waals surface area contributed by atoms with Gasteiger partial charge in [-0.3, -0.25) is 9.78 Å². The second-order valence-electron chi connectivity index (χ2n) is 9.36. The fourth-order valence-electron chi connectivity index (χ4n) is 5.12. The Morgan fingerprint density at radius 1 is 1.09 bits per heavy atom. The number of hydrogen-bond donors (Lipinski definition) is 3. The molecule has 9 heteroatoms. The highest BCUT2D eigenvalue weighted by molar-refractivity contribution is 5.88. The molecule has 0 radical (unpaired) electrons. The van der Waals surface area contributed by atoms with E-state index in [1.807, 2.05) is 24.3 Å². The first kappa shape index (κ1) is 22.3. The number of primary amides is 1. The van der Waals surface area contributed by atoms with Crippen molar-refractivity contribution in [3.63, 3.8) is 0 Å². The molecule has 0 bridgehead atoms. The molecule has 1 amide bonds. The molecule has 2 saturated carbocycles. The van der Waals surface area contributed by atoms with Crippen molar-refractivity contribution >= 4 is 11.9 Å². The van der Waals surface area contributed by atoms with Gasteiger partial charge in [0.15, 0.2) is 0 Å². The van der Waals surface area contributed by atoms with Crippen LogP contribution in [-0.4, -0.2) is 44.8 Å². The van der Waals surface area contributed by atoms with Crippen molar-refractivity contribution in [3.05, 3.63) is 72.1 Å². The number of carbonyl (C=O) groups is 1. The van der Waals surface area contributed by atoms with Gasteiger partial charge >= 0.3 is 0 Å². The molecule has 7 nitrogen and oxygen atoms in total. The molecule has 5 rings (SSSR count). The van der Waals surface area contributed by atoms with Gasteiger partial charge in [-0.05, 0) is 55.0 Å². The molecule has 2 fully saturated rings. The Bertz CT molecular complexity index is 1210. The van der Waals surface area contributed by atoms with Crippen LogP contribution in [0.1, 0.15) is 36.9 Å². The summed E-state index contributed by atoms with van der Waals surface area (Å²) in [6, 6.07) is 10.3. The summed E-state index contributed by atoms with van der Waals surface area (Å²) in [5.74, 6) is -0.552. The van der Waals surface area contributed by atoms with Crippen LogP contribution in [0.25, 0.3) is 11.1 Å². The smallest absolute Gasteiger partial charge is 0.228 e. The molecule has 0 atom stereocenters. The summed E-state index contributed by atoms with van der Waals surface area (Å²) in [6.45, 7) is 0.264. The van der Waals surface area contributed by atoms with E-state index in [1.54, 1.807) is 12.4 Å². The second kappa shape index (κ2) is 8.39. The third kappa shape index (κ3) is 3.79. The standard InChI is InChI=1S/C25H25F2N5O2/c26-18-8-24(9-18,21-20(27)5-2-6-29-21)14-32-23-30-12-16(13-31-23)15-3-1-4-17(7-15)25(22(28)34)10-19(33)11-25/h1-7,12-13,18-19,33H,8-11,14H2,(H2,28,34)(H,30,31,32). The SMILES string of the molecule is NC(=O)C1(c2cccc(-c3cnc(NCC4(c5ncccc5F)CC(F)C4)nc3)c2)CC(O)C1. The molecule has 2 aliphatic rings. The van der Waals surface area contributed by atoms with E-state index in [0.717, 1.165) is 16.7 Å². The Morgan fingerprint density at radius 3 is 2.44 bits per heavy atom. The van der Waals surface area contributed by atoms with Crippen LogP contribution in [0.15, 0.2) is 55.0 Å². The average molecular weight is 466 g/mol. The molecule has 0 unspecified atom stereocenters. The van der Waals surface area contributed by atoms with Crippen molar-refractivity contribution in [2.45, 2.75) is 48.8 Å². The first-order valence-corrected chi connectivity index (χ1v) is 11.2. The number of amides is 1. The summed E-state index contributed by atoms with van der Waals surface area (Å²) in [5.41, 5.74) is 6.63. The summed E-state index contributed by atoms with van der Waals surface area (Å²) < 4.78 is 28.1. The topological polar surface area (TPSA) is 114 Å². The maximum atomic E-state index is 14.3. The summed E-state index contributed by atoms with van der Waals surface area (Å²) >= 11 is 0. The Hall–Kier alpha value is -3.46. The number of pyridine rings is 1. The van der Waals surface area contributed by atoms with E-state index >= 15 is 0 Å². The zero-order valence-corrected chi connectivity index (χ0v) is 18.4. The number of nitrogens with two attached hydrogens (primary N) is 1. The molecule has 2 aliphatic carbocycles. The van der Waals surface area contributed by atoms with Gasteiger partial charge in [0.1, 0.15) is 12.0 Å². The van der Waals surface area contributed by atoms with Gasteiger partial charge in [-0.15, -0.1) is 0 Å². The lowest BCUT2D eigenvalue weighted by atomic mass is 9.62. The molecule has 0 aliphatic heterocycles. The quantitative estimate of drug-likeness (QED) is 0.494. The van der Waals surface area contributed by atoms with Crippen LogP contribution in [-0.2, 0) is 15.6 Å². The number of anilines is 1. The van der Waals surface area contributed by atoms with Crippen molar-refractivity contribution in [1.29, 1.82) is 0 Å². The number of hydrogen-bond acceptors (Lipinski definition) is 6. The monoisotopic (exact) mass is 465 g/mol. The van der Waals surface area contributed by atoms with E-state index in [9.17, 15) is 18.7 Å². The Kier molecular flexibility index (Phi) is 5.51. The van der Waals surface area contributed by atoms with Crippen molar-refractivity contribution in [1.82, 2.24) is 15.0 Å². The molecular formula is C25H25F2N5O2. The van der Waals surface area contributed by atoms with Crippen molar-refractivity contribution in [2.24, 2.45) is 5.73 Å². The van der Waals surface area contributed by atoms with Crippen LogP contribution in [0.4, 0.5) is 14.7 Å². The van der Waals surface area contributed by atoms with Gasteiger partial charge in [0.05, 0.1) is 17.2 Å². The van der Waals surface area contributed by atoms with Gasteiger partial charge < -0.3 is 16.2 Å². The number of nitrogens with zero attached hydrogens (tertiary/aromatic N) is 3. The van der Waals surface area contributed by atoms with Crippen molar-refractivity contribution in [2.75, 3.05) is 11.9 Å². The molecule has 0 saturated heterocycles. The molecule has 2 heterocycles. The Morgan fingerprint density at radius 2 is 1.82 bits per heavy atom. The largest absolute Gasteiger partial charge is 0.393 e. The van der Waals surface area contributed by atoms with Crippen LogP contribution in [0.2, 0.25) is 0 Å². The number of carbonyl (C=O) groups excluding carboxylic acids is 1. The zero-order valence-electron chi connectivity index (χ0n) is 18.4. The molecule has 176 valence electrons. The number of aliphatic hydroxyl groups excluding tert-OH is 1. The first-order chi connectivity index (χ1) is 16.3. The lowest BCUT2D eigenvalue weighted by Crippen LogP contribution is -2.53. The van der Waals surface area contributed by atoms with E-state index in [-0.39, 0.29) is 25.1 Å². The lowest BCUT2D eigenvalue weighted by Gasteiger charge is -2.43. The summed E-state index contributed by atoms with van der Waals surface area (Å²) in [5, 5.41) is 12.9. The van der Waals surface area contributed by atoms with Crippen LogP contribution in [0.5, 0.6) is 0 Å². The normalized spacial score (nSPS) is 28.0. The van der Waals surface area contributed by atoms with E-state index in [1.165, 1.54) is 18.3 Å². The van der Waals surface area contributed by atoms with Crippen molar-refractivity contribution < 1.29 is 18.7 Å². The van der Waals surface area contributed by atoms with Gasteiger partial charge in [0, 0.05) is 36.1 Å². The van der Waals surface area contributed by atoms with Gasteiger partial charge in [0.2, 0.25) is 11.9 Å². The fraction of sp³-hybridized carbons (Fsp3) is 0.360. The van der Waals surface area contributed by atoms with E-state index in [0.29, 0.717) is 18.8 Å². The molecule has 3 aromatic rings. The number of benzene rings is 1. The Balaban J connectivity index is 1.32. The Labute approximate surface area is 195 Å². The highest BCUT2D eigenvalue weighted by atomic mass is 19.1. The molecule has 4 N–H and O–H groups in total. The molecule has 2 aromatic heterocycles. The van der Waals surface area contributed by atoms with Gasteiger partial charge in [0.25, 0.3) is 0 Å². The maximum absolute atomic E-state index is 14.3. The minimum absolute atomic E-state index is 0.190. The number of aliphatic hydroxyl groups is 1. The minimum atomic E-state index is -0.987. The minimum Gasteiger partial charge on any atom is -0.393 e. The number of nitrogens with one attached hydrogen (secondary N) is 1. The summed E-state index contributed by atoms with van der Waals surface area (Å²) in [6.07, 6.45) is 4.28. The average Bonchev–Trinajstić information content (AvgIpc) is 2.79. The number of alkyl halides is 1. The maximum Gasteiger partial charge on any atom is 0.228 e.